The van der Waals surface area contributed by atoms with Crippen molar-refractivity contribution in [2.24, 2.45) is 0 Å². The summed E-state index contributed by atoms with van der Waals surface area (Å²) in [7, 11) is 0. The Bertz CT molecular complexity index is 878. The predicted octanol–water partition coefficient (Wildman–Crippen LogP) is 3.30. The van der Waals surface area contributed by atoms with Crippen LogP contribution >= 0.6 is 0 Å². The Morgan fingerprint density at radius 3 is 2.68 bits per heavy atom. The minimum atomic E-state index is -0.268. The summed E-state index contributed by atoms with van der Waals surface area (Å²) in [5.41, 5.74) is 4.81. The van der Waals surface area contributed by atoms with E-state index in [9.17, 15) is 9.59 Å². The maximum Gasteiger partial charge on any atom is 0.263 e. The van der Waals surface area contributed by atoms with Gasteiger partial charge < -0.3 is 9.88 Å². The van der Waals surface area contributed by atoms with E-state index in [0.29, 0.717) is 6.54 Å². The van der Waals surface area contributed by atoms with Gasteiger partial charge in [-0.15, -0.1) is 0 Å². The summed E-state index contributed by atoms with van der Waals surface area (Å²) in [6.07, 6.45) is 8.66. The first-order valence-corrected chi connectivity index (χ1v) is 9.24. The van der Waals surface area contributed by atoms with Crippen LogP contribution in [0, 0.1) is 6.92 Å². The number of aryl methyl sites for hydroxylation is 3. The second-order valence-corrected chi connectivity index (χ2v) is 7.31. The third-order valence-electron chi connectivity index (χ3n) is 5.36. The van der Waals surface area contributed by atoms with Crippen molar-refractivity contribution in [2.75, 3.05) is 0 Å². The van der Waals surface area contributed by atoms with Crippen molar-refractivity contribution in [1.29, 1.82) is 0 Å². The van der Waals surface area contributed by atoms with Crippen molar-refractivity contribution >= 4 is 5.91 Å². The highest BCUT2D eigenvalue weighted by atomic mass is 16.2. The van der Waals surface area contributed by atoms with Crippen LogP contribution in [0.15, 0.2) is 35.3 Å². The highest BCUT2D eigenvalue weighted by Gasteiger charge is 2.26. The van der Waals surface area contributed by atoms with Gasteiger partial charge in [0.1, 0.15) is 5.56 Å². The molecule has 4 rings (SSSR count). The number of carbonyl (C=O) groups is 1. The Morgan fingerprint density at radius 2 is 1.92 bits per heavy atom. The summed E-state index contributed by atoms with van der Waals surface area (Å²) in [5, 5.41) is 2.94. The molecule has 1 saturated carbocycles. The number of nitrogens with zero attached hydrogens (tertiary/aromatic N) is 1. The highest BCUT2D eigenvalue weighted by Crippen LogP contribution is 2.33. The molecule has 0 radical (unpaired) electrons. The van der Waals surface area contributed by atoms with Crippen molar-refractivity contribution in [3.63, 3.8) is 0 Å². The number of aromatic nitrogens is 1. The molecule has 1 N–H and O–H groups in total. The fourth-order valence-corrected chi connectivity index (χ4v) is 3.72. The maximum absolute atomic E-state index is 12.6. The summed E-state index contributed by atoms with van der Waals surface area (Å²) in [6, 6.07) is 8.62. The Morgan fingerprint density at radius 1 is 1.16 bits per heavy atom. The molecule has 2 aliphatic rings. The first kappa shape index (κ1) is 16.1. The molecule has 4 heteroatoms. The highest BCUT2D eigenvalue weighted by molar-refractivity contribution is 5.95. The van der Waals surface area contributed by atoms with Gasteiger partial charge in [-0.3, -0.25) is 9.59 Å². The Balaban J connectivity index is 1.51. The zero-order valence-corrected chi connectivity index (χ0v) is 14.7. The summed E-state index contributed by atoms with van der Waals surface area (Å²) in [6.45, 7) is 2.29. The van der Waals surface area contributed by atoms with Gasteiger partial charge in [0.2, 0.25) is 0 Å². The normalized spacial score (nSPS) is 16.4. The lowest BCUT2D eigenvalue weighted by molar-refractivity contribution is 0.0948. The first-order valence-electron chi connectivity index (χ1n) is 9.24. The molecule has 1 fully saturated rings. The Hall–Kier alpha value is -2.36. The molecule has 0 aliphatic heterocycles. The molecule has 130 valence electrons. The lowest BCUT2D eigenvalue weighted by Gasteiger charge is -2.17. The first-order chi connectivity index (χ1) is 12.1. The molecule has 4 nitrogen and oxygen atoms in total. The molecule has 1 aromatic carbocycles. The number of rotatable bonds is 4. The van der Waals surface area contributed by atoms with Gasteiger partial charge in [-0.25, -0.2) is 0 Å². The van der Waals surface area contributed by atoms with Crippen LogP contribution in [0.1, 0.15) is 64.3 Å². The van der Waals surface area contributed by atoms with E-state index in [4.69, 9.17) is 0 Å². The van der Waals surface area contributed by atoms with E-state index < -0.39 is 0 Å². The summed E-state index contributed by atoms with van der Waals surface area (Å²) < 4.78 is 1.71. The topological polar surface area (TPSA) is 51.1 Å². The molecule has 0 atom stereocenters. The quantitative estimate of drug-likeness (QED) is 0.931. The van der Waals surface area contributed by atoms with Crippen LogP contribution in [-0.4, -0.2) is 10.5 Å². The number of benzene rings is 1. The van der Waals surface area contributed by atoms with Crippen LogP contribution in [-0.2, 0) is 19.4 Å². The molecule has 2 aliphatic carbocycles. The van der Waals surface area contributed by atoms with Gasteiger partial charge >= 0.3 is 0 Å². The van der Waals surface area contributed by atoms with Gasteiger partial charge in [-0.2, -0.15) is 0 Å². The number of pyridine rings is 1. The zero-order chi connectivity index (χ0) is 17.4. The van der Waals surface area contributed by atoms with E-state index in [-0.39, 0.29) is 23.1 Å². The fraction of sp³-hybridized carbons (Fsp3) is 0.429. The largest absolute Gasteiger partial charge is 0.348 e. The molecule has 0 unspecified atom stereocenters. The standard InChI is InChI=1S/C21H24N2O2/c1-14-10-11-23(18-8-9-18)21(25)19(14)20(24)22-13-15-6-7-16-4-2-3-5-17(16)12-15/h6-7,10-12,18H,2-5,8-9,13H2,1H3,(H,22,24). The number of nitrogens with one attached hydrogen (secondary N) is 1. The average molecular weight is 336 g/mol. The molecule has 1 amide bonds. The SMILES string of the molecule is Cc1ccn(C2CC2)c(=O)c1C(=O)NCc1ccc2c(c1)CCCC2. The van der Waals surface area contributed by atoms with Crippen molar-refractivity contribution in [2.45, 2.75) is 58.0 Å². The number of amides is 1. The molecule has 1 heterocycles. The summed E-state index contributed by atoms with van der Waals surface area (Å²) >= 11 is 0. The maximum atomic E-state index is 12.6. The minimum absolute atomic E-state index is 0.162. The molecule has 0 saturated heterocycles. The van der Waals surface area contributed by atoms with Crippen molar-refractivity contribution < 1.29 is 4.79 Å². The molecule has 0 spiro atoms. The monoisotopic (exact) mass is 336 g/mol. The minimum Gasteiger partial charge on any atom is -0.348 e. The van der Waals surface area contributed by atoms with E-state index in [1.165, 1.54) is 24.0 Å². The number of carbonyl (C=O) groups excluding carboxylic acids is 1. The predicted molar refractivity (Wildman–Crippen MR) is 98.0 cm³/mol. The van der Waals surface area contributed by atoms with E-state index >= 15 is 0 Å². The van der Waals surface area contributed by atoms with Crippen LogP contribution in [0.25, 0.3) is 0 Å². The molecule has 0 bridgehead atoms. The van der Waals surface area contributed by atoms with Crippen LogP contribution in [0.2, 0.25) is 0 Å². The average Bonchev–Trinajstić information content (AvgIpc) is 3.45. The molecule has 2 aromatic rings. The van der Waals surface area contributed by atoms with Crippen LogP contribution < -0.4 is 10.9 Å². The number of hydrogen-bond donors (Lipinski definition) is 1. The van der Waals surface area contributed by atoms with E-state index in [0.717, 1.165) is 36.8 Å². The second-order valence-electron chi connectivity index (χ2n) is 7.31. The van der Waals surface area contributed by atoms with Crippen LogP contribution in [0.5, 0.6) is 0 Å². The second kappa shape index (κ2) is 6.51. The van der Waals surface area contributed by atoms with Crippen molar-refractivity contribution in [1.82, 2.24) is 9.88 Å². The number of fused-ring (bicyclic) bond motifs is 1. The van der Waals surface area contributed by atoms with Gasteiger partial charge in [0.05, 0.1) is 0 Å². The molecule has 25 heavy (non-hydrogen) atoms. The van der Waals surface area contributed by atoms with Crippen LogP contribution in [0.3, 0.4) is 0 Å². The summed E-state index contributed by atoms with van der Waals surface area (Å²) in [4.78, 5) is 25.2. The van der Waals surface area contributed by atoms with Gasteiger partial charge in [-0.1, -0.05) is 18.2 Å². The van der Waals surface area contributed by atoms with Crippen LogP contribution in [0.4, 0.5) is 0 Å². The van der Waals surface area contributed by atoms with Gasteiger partial charge in [0, 0.05) is 18.8 Å². The van der Waals surface area contributed by atoms with Gasteiger partial charge in [-0.05, 0) is 73.8 Å². The Labute approximate surface area is 147 Å². The summed E-state index contributed by atoms with van der Waals surface area (Å²) in [5.74, 6) is -0.268. The van der Waals surface area contributed by atoms with Crippen molar-refractivity contribution in [3.8, 4) is 0 Å². The molecular formula is C21H24N2O2. The smallest absolute Gasteiger partial charge is 0.263 e. The lowest BCUT2D eigenvalue weighted by atomic mass is 9.90. The van der Waals surface area contributed by atoms with E-state index in [1.54, 1.807) is 4.57 Å². The van der Waals surface area contributed by atoms with E-state index in [2.05, 4.69) is 23.5 Å². The Kier molecular flexibility index (Phi) is 4.20. The van der Waals surface area contributed by atoms with Gasteiger partial charge in [0.25, 0.3) is 11.5 Å². The van der Waals surface area contributed by atoms with Gasteiger partial charge in [0.15, 0.2) is 0 Å². The molecule has 1 aromatic heterocycles. The molecular weight excluding hydrogens is 312 g/mol. The number of hydrogen-bond acceptors (Lipinski definition) is 2. The fourth-order valence-electron chi connectivity index (χ4n) is 3.72. The van der Waals surface area contributed by atoms with E-state index in [1.807, 2.05) is 19.2 Å². The zero-order valence-electron chi connectivity index (χ0n) is 14.7. The lowest BCUT2D eigenvalue weighted by Crippen LogP contribution is -2.33. The van der Waals surface area contributed by atoms with Crippen molar-refractivity contribution in [3.05, 3.63) is 68.6 Å². The third kappa shape index (κ3) is 3.26. The third-order valence-corrected chi connectivity index (χ3v) is 5.36.